The van der Waals surface area contributed by atoms with Crippen LogP contribution in [0.15, 0.2) is 29.6 Å². The number of benzene rings is 1. The topological polar surface area (TPSA) is 58.2 Å². The van der Waals surface area contributed by atoms with Crippen molar-refractivity contribution >= 4 is 56.2 Å². The fourth-order valence-electron chi connectivity index (χ4n) is 2.02. The van der Waals surface area contributed by atoms with Gasteiger partial charge in [-0.3, -0.25) is 20.4 Å². The minimum atomic E-state index is -0.542. The first-order valence-electron chi connectivity index (χ1n) is 6.49. The summed E-state index contributed by atoms with van der Waals surface area (Å²) in [5.74, 6) is -1.34. The van der Waals surface area contributed by atoms with E-state index in [9.17, 15) is 14.0 Å². The first kappa shape index (κ1) is 15.9. The van der Waals surface area contributed by atoms with Crippen LogP contribution >= 0.6 is 34.3 Å². The van der Waals surface area contributed by atoms with E-state index >= 15 is 0 Å². The highest BCUT2D eigenvalue weighted by molar-refractivity contribution is 7.21. The van der Waals surface area contributed by atoms with Crippen LogP contribution in [0.5, 0.6) is 0 Å². The fourth-order valence-corrected chi connectivity index (χ4v) is 4.27. The molecule has 0 aliphatic carbocycles. The number of hydrogen-bond acceptors (Lipinski definition) is 4. The Hall–Kier alpha value is -1.96. The molecule has 0 fully saturated rings. The molecule has 0 atom stereocenters. The van der Waals surface area contributed by atoms with Gasteiger partial charge in [0.25, 0.3) is 11.8 Å². The molecular formula is C15H10ClFN2O2S2. The van der Waals surface area contributed by atoms with Gasteiger partial charge in [-0.1, -0.05) is 11.6 Å². The van der Waals surface area contributed by atoms with Gasteiger partial charge in [0.05, 0.1) is 9.90 Å². The summed E-state index contributed by atoms with van der Waals surface area (Å²) >= 11 is 8.51. The maximum atomic E-state index is 13.2. The zero-order valence-electron chi connectivity index (χ0n) is 11.8. The molecule has 0 saturated carbocycles. The van der Waals surface area contributed by atoms with Crippen LogP contribution in [0.4, 0.5) is 4.39 Å². The Morgan fingerprint density at radius 1 is 1.13 bits per heavy atom. The molecule has 3 rings (SSSR count). The van der Waals surface area contributed by atoms with Crippen molar-refractivity contribution in [3.63, 3.8) is 0 Å². The second-order valence-corrected chi connectivity index (χ2v) is 7.07. The molecule has 2 aromatic heterocycles. The lowest BCUT2D eigenvalue weighted by molar-refractivity contribution is 0.0851. The van der Waals surface area contributed by atoms with Crippen LogP contribution in [-0.2, 0) is 0 Å². The molecule has 1 aromatic carbocycles. The molecule has 0 aliphatic heterocycles. The SMILES string of the molecule is Cc1ccsc1C(=O)NNC(=O)c1sc2cc(F)ccc2c1Cl. The van der Waals surface area contributed by atoms with Crippen molar-refractivity contribution in [1.82, 2.24) is 10.9 Å². The molecule has 8 heteroatoms. The monoisotopic (exact) mass is 368 g/mol. The number of carbonyl (C=O) groups is 2. The highest BCUT2D eigenvalue weighted by Crippen LogP contribution is 2.35. The van der Waals surface area contributed by atoms with Gasteiger partial charge in [-0.2, -0.15) is 0 Å². The van der Waals surface area contributed by atoms with E-state index in [1.165, 1.54) is 29.5 Å². The van der Waals surface area contributed by atoms with Crippen LogP contribution in [0.2, 0.25) is 5.02 Å². The molecule has 0 aliphatic rings. The number of amides is 2. The van der Waals surface area contributed by atoms with E-state index in [0.717, 1.165) is 16.9 Å². The van der Waals surface area contributed by atoms with Crippen LogP contribution in [-0.4, -0.2) is 11.8 Å². The number of hydrazine groups is 1. The molecule has 4 nitrogen and oxygen atoms in total. The Balaban J connectivity index is 1.77. The van der Waals surface area contributed by atoms with Gasteiger partial charge in [-0.05, 0) is 42.1 Å². The van der Waals surface area contributed by atoms with Crippen LogP contribution in [0.1, 0.15) is 24.9 Å². The van der Waals surface area contributed by atoms with Gasteiger partial charge in [0.1, 0.15) is 10.7 Å². The number of rotatable bonds is 2. The Kier molecular flexibility index (Phi) is 4.34. The second kappa shape index (κ2) is 6.27. The number of thiophene rings is 2. The average molecular weight is 369 g/mol. The average Bonchev–Trinajstić information content (AvgIpc) is 3.08. The van der Waals surface area contributed by atoms with Crippen LogP contribution in [0.3, 0.4) is 0 Å². The molecular weight excluding hydrogens is 359 g/mol. The third-order valence-electron chi connectivity index (χ3n) is 3.16. The van der Waals surface area contributed by atoms with Gasteiger partial charge in [-0.25, -0.2) is 4.39 Å². The van der Waals surface area contributed by atoms with Crippen LogP contribution in [0.25, 0.3) is 10.1 Å². The summed E-state index contributed by atoms with van der Waals surface area (Å²) in [5.41, 5.74) is 5.51. The van der Waals surface area contributed by atoms with E-state index in [4.69, 9.17) is 11.6 Å². The number of nitrogens with one attached hydrogen (secondary N) is 2. The summed E-state index contributed by atoms with van der Waals surface area (Å²) in [6.45, 7) is 1.81. The van der Waals surface area contributed by atoms with Crippen molar-refractivity contribution in [2.24, 2.45) is 0 Å². The van der Waals surface area contributed by atoms with E-state index in [1.54, 1.807) is 5.38 Å². The highest BCUT2D eigenvalue weighted by Gasteiger charge is 2.19. The zero-order chi connectivity index (χ0) is 16.6. The van der Waals surface area contributed by atoms with Crippen LogP contribution in [0, 0.1) is 12.7 Å². The van der Waals surface area contributed by atoms with Crippen molar-refractivity contribution in [3.05, 3.63) is 55.8 Å². The molecule has 0 unspecified atom stereocenters. The smallest absolute Gasteiger partial charge is 0.266 e. The maximum absolute atomic E-state index is 13.2. The molecule has 118 valence electrons. The van der Waals surface area contributed by atoms with E-state index in [2.05, 4.69) is 10.9 Å². The number of halogens is 2. The van der Waals surface area contributed by atoms with Gasteiger partial charge in [0.15, 0.2) is 0 Å². The molecule has 2 N–H and O–H groups in total. The second-order valence-electron chi connectivity index (χ2n) is 4.73. The van der Waals surface area contributed by atoms with Gasteiger partial charge in [-0.15, -0.1) is 22.7 Å². The van der Waals surface area contributed by atoms with Crippen molar-refractivity contribution in [2.45, 2.75) is 6.92 Å². The van der Waals surface area contributed by atoms with E-state index in [0.29, 0.717) is 15.0 Å². The molecule has 0 saturated heterocycles. The number of hydrogen-bond donors (Lipinski definition) is 2. The Bertz CT molecular complexity index is 919. The maximum Gasteiger partial charge on any atom is 0.281 e. The Morgan fingerprint density at radius 3 is 2.48 bits per heavy atom. The van der Waals surface area contributed by atoms with Crippen molar-refractivity contribution in [3.8, 4) is 0 Å². The van der Waals surface area contributed by atoms with Crippen LogP contribution < -0.4 is 10.9 Å². The molecule has 0 bridgehead atoms. The predicted octanol–water partition coefficient (Wildman–Crippen LogP) is 4.14. The summed E-state index contributed by atoms with van der Waals surface area (Å²) in [6, 6.07) is 5.94. The molecule has 2 heterocycles. The normalized spacial score (nSPS) is 10.7. The third kappa shape index (κ3) is 3.08. The standard InChI is InChI=1S/C15H10ClFN2O2S2/c1-7-4-5-22-12(7)14(20)18-19-15(21)13-11(16)9-3-2-8(17)6-10(9)23-13/h2-6H,1H3,(H,18,20)(H,19,21). The van der Waals surface area contributed by atoms with Gasteiger partial charge < -0.3 is 0 Å². The lowest BCUT2D eigenvalue weighted by atomic mass is 10.2. The first-order valence-corrected chi connectivity index (χ1v) is 8.57. The lowest BCUT2D eigenvalue weighted by Gasteiger charge is -2.06. The van der Waals surface area contributed by atoms with Gasteiger partial charge in [0.2, 0.25) is 0 Å². The van der Waals surface area contributed by atoms with Crippen molar-refractivity contribution in [1.29, 1.82) is 0 Å². The third-order valence-corrected chi connectivity index (χ3v) is 5.83. The van der Waals surface area contributed by atoms with E-state index < -0.39 is 17.6 Å². The number of carbonyl (C=O) groups excluding carboxylic acids is 2. The predicted molar refractivity (Wildman–Crippen MR) is 90.8 cm³/mol. The number of fused-ring (bicyclic) bond motifs is 1. The summed E-state index contributed by atoms with van der Waals surface area (Å²) in [6.07, 6.45) is 0. The first-order chi connectivity index (χ1) is 11.0. The summed E-state index contributed by atoms with van der Waals surface area (Å²) in [5, 5.41) is 2.64. The minimum Gasteiger partial charge on any atom is -0.266 e. The molecule has 0 radical (unpaired) electrons. The number of aryl methyl sites for hydroxylation is 1. The Labute approximate surface area is 143 Å². The van der Waals surface area contributed by atoms with E-state index in [1.807, 2.05) is 13.0 Å². The van der Waals surface area contributed by atoms with E-state index in [-0.39, 0.29) is 9.90 Å². The Morgan fingerprint density at radius 2 is 1.83 bits per heavy atom. The summed E-state index contributed by atoms with van der Waals surface area (Å²) in [4.78, 5) is 24.9. The molecule has 2 amide bonds. The molecule has 23 heavy (non-hydrogen) atoms. The largest absolute Gasteiger partial charge is 0.281 e. The fraction of sp³-hybridized carbons (Fsp3) is 0.0667. The molecule has 3 aromatic rings. The van der Waals surface area contributed by atoms with Crippen molar-refractivity contribution in [2.75, 3.05) is 0 Å². The summed E-state index contributed by atoms with van der Waals surface area (Å²) < 4.78 is 13.8. The summed E-state index contributed by atoms with van der Waals surface area (Å²) in [7, 11) is 0. The minimum absolute atomic E-state index is 0.218. The van der Waals surface area contributed by atoms with Gasteiger partial charge >= 0.3 is 0 Å². The van der Waals surface area contributed by atoms with Crippen molar-refractivity contribution < 1.29 is 14.0 Å². The highest BCUT2D eigenvalue weighted by atomic mass is 35.5. The zero-order valence-corrected chi connectivity index (χ0v) is 14.2. The quantitative estimate of drug-likeness (QED) is 0.668. The molecule has 0 spiro atoms. The lowest BCUT2D eigenvalue weighted by Crippen LogP contribution is -2.41. The van der Waals surface area contributed by atoms with Gasteiger partial charge in [0, 0.05) is 10.1 Å².